The van der Waals surface area contributed by atoms with Gasteiger partial charge in [-0.25, -0.2) is 4.39 Å². The lowest BCUT2D eigenvalue weighted by molar-refractivity contribution is 0.629. The van der Waals surface area contributed by atoms with Gasteiger partial charge in [-0.05, 0) is 48.9 Å². The first-order valence-electron chi connectivity index (χ1n) is 6.48. The lowest BCUT2D eigenvalue weighted by Gasteiger charge is -2.11. The molecule has 1 aromatic carbocycles. The van der Waals surface area contributed by atoms with Crippen LogP contribution in [0.25, 0.3) is 22.2 Å². The van der Waals surface area contributed by atoms with Crippen LogP contribution in [0.1, 0.15) is 5.56 Å². The van der Waals surface area contributed by atoms with Crippen LogP contribution in [0.15, 0.2) is 48.8 Å². The maximum absolute atomic E-state index is 13.6. The molecule has 0 radical (unpaired) electrons. The number of rotatable bonds is 3. The van der Waals surface area contributed by atoms with Gasteiger partial charge in [0.05, 0.1) is 11.2 Å². The molecule has 2 aromatic heterocycles. The van der Waals surface area contributed by atoms with Crippen LogP contribution in [-0.4, -0.2) is 16.5 Å². The van der Waals surface area contributed by atoms with Crippen LogP contribution in [0, 0.1) is 5.82 Å². The van der Waals surface area contributed by atoms with Crippen LogP contribution >= 0.6 is 0 Å². The van der Waals surface area contributed by atoms with E-state index in [4.69, 9.17) is 5.73 Å². The lowest BCUT2D eigenvalue weighted by atomic mass is 9.98. The molecule has 0 unspecified atom stereocenters. The third kappa shape index (κ3) is 2.26. The molecule has 0 saturated heterocycles. The number of nitrogens with two attached hydrogens (primary N) is 1. The number of hydrogen-bond acceptors (Lipinski definition) is 3. The Morgan fingerprint density at radius 3 is 2.75 bits per heavy atom. The molecule has 0 saturated carbocycles. The summed E-state index contributed by atoms with van der Waals surface area (Å²) in [4.78, 5) is 8.76. The van der Waals surface area contributed by atoms with E-state index < -0.39 is 0 Å². The predicted molar refractivity (Wildman–Crippen MR) is 77.7 cm³/mol. The fraction of sp³-hybridized carbons (Fsp3) is 0.125. The Hall–Kier alpha value is -2.33. The Morgan fingerprint density at radius 2 is 2.00 bits per heavy atom. The molecule has 100 valence electrons. The van der Waals surface area contributed by atoms with E-state index >= 15 is 0 Å². The van der Waals surface area contributed by atoms with E-state index in [1.165, 1.54) is 12.1 Å². The number of benzene rings is 1. The lowest BCUT2D eigenvalue weighted by Crippen LogP contribution is -2.05. The summed E-state index contributed by atoms with van der Waals surface area (Å²) in [5.74, 6) is -0.277. The van der Waals surface area contributed by atoms with Crippen LogP contribution in [-0.2, 0) is 6.42 Å². The van der Waals surface area contributed by atoms with Gasteiger partial charge in [0.2, 0.25) is 0 Å². The third-order valence-corrected chi connectivity index (χ3v) is 3.24. The molecule has 0 aliphatic heterocycles. The summed E-state index contributed by atoms with van der Waals surface area (Å²) >= 11 is 0. The van der Waals surface area contributed by atoms with Gasteiger partial charge in [0.1, 0.15) is 5.82 Å². The van der Waals surface area contributed by atoms with E-state index in [9.17, 15) is 4.39 Å². The van der Waals surface area contributed by atoms with Crippen molar-refractivity contribution >= 4 is 10.9 Å². The van der Waals surface area contributed by atoms with Gasteiger partial charge in [-0.2, -0.15) is 0 Å². The van der Waals surface area contributed by atoms with E-state index in [2.05, 4.69) is 9.97 Å². The average Bonchev–Trinajstić information content (AvgIpc) is 2.48. The van der Waals surface area contributed by atoms with Crippen LogP contribution in [0.2, 0.25) is 0 Å². The molecule has 0 bridgehead atoms. The quantitative estimate of drug-likeness (QED) is 0.793. The van der Waals surface area contributed by atoms with Crippen molar-refractivity contribution in [3.05, 3.63) is 60.2 Å². The molecular formula is C16H14FN3. The highest BCUT2D eigenvalue weighted by molar-refractivity contribution is 5.95. The topological polar surface area (TPSA) is 51.8 Å². The van der Waals surface area contributed by atoms with Gasteiger partial charge in [-0.15, -0.1) is 0 Å². The summed E-state index contributed by atoms with van der Waals surface area (Å²) in [7, 11) is 0. The monoisotopic (exact) mass is 267 g/mol. The Kier molecular flexibility index (Phi) is 3.39. The smallest absolute Gasteiger partial charge is 0.123 e. The minimum atomic E-state index is -0.277. The summed E-state index contributed by atoms with van der Waals surface area (Å²) in [6.45, 7) is 0.516. The summed E-state index contributed by atoms with van der Waals surface area (Å²) < 4.78 is 13.6. The molecule has 3 rings (SSSR count). The Morgan fingerprint density at radius 1 is 1.10 bits per heavy atom. The second-order valence-electron chi connectivity index (χ2n) is 4.57. The summed E-state index contributed by atoms with van der Waals surface area (Å²) in [6.07, 6.45) is 4.22. The molecule has 2 N–H and O–H groups in total. The Balaban J connectivity index is 2.34. The number of nitrogens with zero attached hydrogens (tertiary/aromatic N) is 2. The summed E-state index contributed by atoms with van der Waals surface area (Å²) in [5, 5.41) is 0.773. The third-order valence-electron chi connectivity index (χ3n) is 3.24. The first-order chi connectivity index (χ1) is 9.79. The van der Waals surface area contributed by atoms with Gasteiger partial charge in [-0.1, -0.05) is 6.07 Å². The predicted octanol–water partition coefficient (Wildman–Crippen LogP) is 2.94. The van der Waals surface area contributed by atoms with Crippen molar-refractivity contribution < 1.29 is 4.39 Å². The van der Waals surface area contributed by atoms with E-state index in [1.807, 2.05) is 18.2 Å². The SMILES string of the molecule is NCCc1cnc2ccc(F)cc2c1-c1ccccn1. The second-order valence-corrected chi connectivity index (χ2v) is 4.57. The molecule has 0 aliphatic carbocycles. The van der Waals surface area contributed by atoms with E-state index in [0.717, 1.165) is 27.7 Å². The highest BCUT2D eigenvalue weighted by Gasteiger charge is 2.12. The van der Waals surface area contributed by atoms with Gasteiger partial charge in [-0.3, -0.25) is 9.97 Å². The maximum Gasteiger partial charge on any atom is 0.123 e. The molecular weight excluding hydrogens is 253 g/mol. The molecule has 20 heavy (non-hydrogen) atoms. The van der Waals surface area contributed by atoms with Gasteiger partial charge in [0, 0.05) is 23.3 Å². The first-order valence-corrected chi connectivity index (χ1v) is 6.48. The van der Waals surface area contributed by atoms with Crippen molar-refractivity contribution in [3.63, 3.8) is 0 Å². The van der Waals surface area contributed by atoms with Crippen molar-refractivity contribution in [3.8, 4) is 11.3 Å². The van der Waals surface area contributed by atoms with Gasteiger partial charge in [0.25, 0.3) is 0 Å². The van der Waals surface area contributed by atoms with E-state index in [-0.39, 0.29) is 5.82 Å². The summed E-state index contributed by atoms with van der Waals surface area (Å²) in [5.41, 5.74) is 9.14. The standard InChI is InChI=1S/C16H14FN3/c17-12-4-5-14-13(9-12)16(11(6-7-18)10-20-14)15-3-1-2-8-19-15/h1-5,8-10H,6-7,18H2. The molecule has 3 aromatic rings. The second kappa shape index (κ2) is 5.35. The van der Waals surface area contributed by atoms with Crippen molar-refractivity contribution in [2.45, 2.75) is 6.42 Å². The number of pyridine rings is 2. The minimum Gasteiger partial charge on any atom is -0.330 e. The maximum atomic E-state index is 13.6. The zero-order valence-electron chi connectivity index (χ0n) is 10.9. The van der Waals surface area contributed by atoms with Crippen molar-refractivity contribution in [2.24, 2.45) is 5.73 Å². The van der Waals surface area contributed by atoms with Gasteiger partial charge in [0.15, 0.2) is 0 Å². The van der Waals surface area contributed by atoms with E-state index in [1.54, 1.807) is 18.5 Å². The first kappa shape index (κ1) is 12.7. The average molecular weight is 267 g/mol. The molecule has 3 nitrogen and oxygen atoms in total. The molecule has 0 fully saturated rings. The number of hydrogen-bond donors (Lipinski definition) is 1. The normalized spacial score (nSPS) is 10.9. The largest absolute Gasteiger partial charge is 0.330 e. The molecule has 0 atom stereocenters. The molecule has 0 aliphatic rings. The molecule has 0 amide bonds. The van der Waals surface area contributed by atoms with Crippen LogP contribution in [0.3, 0.4) is 0 Å². The van der Waals surface area contributed by atoms with Crippen molar-refractivity contribution in [1.29, 1.82) is 0 Å². The fourth-order valence-corrected chi connectivity index (χ4v) is 2.36. The van der Waals surface area contributed by atoms with Gasteiger partial charge >= 0.3 is 0 Å². The zero-order chi connectivity index (χ0) is 13.9. The van der Waals surface area contributed by atoms with Crippen LogP contribution < -0.4 is 5.73 Å². The number of fused-ring (bicyclic) bond motifs is 1. The minimum absolute atomic E-state index is 0.277. The van der Waals surface area contributed by atoms with Crippen LogP contribution in [0.5, 0.6) is 0 Å². The number of aromatic nitrogens is 2. The molecule has 2 heterocycles. The fourth-order valence-electron chi connectivity index (χ4n) is 2.36. The molecule has 4 heteroatoms. The van der Waals surface area contributed by atoms with Crippen molar-refractivity contribution in [1.82, 2.24) is 9.97 Å². The van der Waals surface area contributed by atoms with Crippen LogP contribution in [0.4, 0.5) is 4.39 Å². The van der Waals surface area contributed by atoms with E-state index in [0.29, 0.717) is 13.0 Å². The molecule has 0 spiro atoms. The number of halogens is 1. The summed E-state index contributed by atoms with van der Waals surface area (Å²) in [6, 6.07) is 10.3. The highest BCUT2D eigenvalue weighted by atomic mass is 19.1. The Bertz CT molecular complexity index is 741. The zero-order valence-corrected chi connectivity index (χ0v) is 10.9. The highest BCUT2D eigenvalue weighted by Crippen LogP contribution is 2.30. The van der Waals surface area contributed by atoms with Gasteiger partial charge < -0.3 is 5.73 Å². The van der Waals surface area contributed by atoms with Crippen molar-refractivity contribution in [2.75, 3.05) is 6.54 Å². The Labute approximate surface area is 116 Å².